The molecule has 0 atom stereocenters. The van der Waals surface area contributed by atoms with Crippen LogP contribution in [0, 0.1) is 11.6 Å². The molecule has 0 aromatic heterocycles. The lowest BCUT2D eigenvalue weighted by molar-refractivity contribution is -0.133. The Hall–Kier alpha value is -3.09. The molecule has 1 fully saturated rings. The highest BCUT2D eigenvalue weighted by Gasteiger charge is 2.47. The lowest BCUT2D eigenvalue weighted by Gasteiger charge is -2.35. The lowest BCUT2D eigenvalue weighted by atomic mass is 10.00. The maximum atomic E-state index is 13.3. The van der Waals surface area contributed by atoms with Gasteiger partial charge in [0, 0.05) is 11.3 Å². The van der Waals surface area contributed by atoms with Crippen molar-refractivity contribution in [3.63, 3.8) is 0 Å². The summed E-state index contributed by atoms with van der Waals surface area (Å²) in [6.07, 6.45) is 5.34. The Bertz CT molecular complexity index is 963. The Morgan fingerprint density at radius 3 is 2.10 bits per heavy atom. The molecule has 2 aromatic rings. The molecule has 1 aliphatic carbocycles. The Balaban J connectivity index is 1.59. The van der Waals surface area contributed by atoms with Gasteiger partial charge in [0.05, 0.1) is 0 Å². The summed E-state index contributed by atoms with van der Waals surface area (Å²) in [5.74, 6) is -1.46. The second-order valence-electron chi connectivity index (χ2n) is 7.81. The third-order valence-corrected chi connectivity index (χ3v) is 5.72. The number of hydrogen-bond acceptors (Lipinski definition) is 3. The number of hydrogen-bond donors (Lipinski definition) is 1. The van der Waals surface area contributed by atoms with E-state index in [9.17, 15) is 18.4 Å². The van der Waals surface area contributed by atoms with E-state index in [0.29, 0.717) is 24.1 Å². The predicted molar refractivity (Wildman–Crippen MR) is 110 cm³/mol. The maximum Gasteiger partial charge on any atom is 0.275 e. The van der Waals surface area contributed by atoms with E-state index in [4.69, 9.17) is 4.99 Å². The van der Waals surface area contributed by atoms with Gasteiger partial charge in [-0.1, -0.05) is 12.8 Å². The minimum absolute atomic E-state index is 0.148. The normalized spacial score (nSPS) is 18.3. The van der Waals surface area contributed by atoms with Crippen molar-refractivity contribution in [3.05, 3.63) is 65.7 Å². The van der Waals surface area contributed by atoms with Crippen molar-refractivity contribution >= 4 is 23.2 Å². The molecule has 2 amide bonds. The van der Waals surface area contributed by atoms with Gasteiger partial charge >= 0.3 is 0 Å². The molecule has 2 aliphatic rings. The number of rotatable bonds is 4. The first-order valence-corrected chi connectivity index (χ1v) is 10.2. The van der Waals surface area contributed by atoms with Crippen molar-refractivity contribution < 1.29 is 18.4 Å². The molecule has 0 unspecified atom stereocenters. The number of nitrogens with zero attached hydrogens (tertiary/aromatic N) is 2. The zero-order valence-electron chi connectivity index (χ0n) is 16.5. The standard InChI is InChI=1S/C23H23F2N3O2/c24-17-7-5-16(6-8-17)21-22(30)28(23(27-21)13-3-1-2-4-14-23)15-20(29)26-19-11-9-18(25)10-12-19/h5-12H,1-4,13-15H2,(H,26,29). The molecule has 2 aromatic carbocycles. The van der Waals surface area contributed by atoms with Gasteiger partial charge in [0.2, 0.25) is 5.91 Å². The van der Waals surface area contributed by atoms with Gasteiger partial charge in [-0.15, -0.1) is 0 Å². The quantitative estimate of drug-likeness (QED) is 0.816. The summed E-state index contributed by atoms with van der Waals surface area (Å²) < 4.78 is 26.4. The average molecular weight is 411 g/mol. The predicted octanol–water partition coefficient (Wildman–Crippen LogP) is 4.29. The molecular formula is C23H23F2N3O2. The van der Waals surface area contributed by atoms with Crippen molar-refractivity contribution in [2.75, 3.05) is 11.9 Å². The average Bonchev–Trinajstić information content (AvgIpc) is 2.88. The van der Waals surface area contributed by atoms with Crippen molar-refractivity contribution in [2.45, 2.75) is 44.2 Å². The number of benzene rings is 2. The lowest BCUT2D eigenvalue weighted by Crippen LogP contribution is -2.50. The number of anilines is 1. The van der Waals surface area contributed by atoms with Gasteiger partial charge in [-0.3, -0.25) is 14.6 Å². The summed E-state index contributed by atoms with van der Waals surface area (Å²) in [4.78, 5) is 32.3. The Labute approximate surface area is 173 Å². The maximum absolute atomic E-state index is 13.3. The number of halogens is 2. The van der Waals surface area contributed by atoms with Crippen LogP contribution in [0.5, 0.6) is 0 Å². The SMILES string of the molecule is O=C(CN1C(=O)C(c2ccc(F)cc2)=NC12CCCCCC2)Nc1ccc(F)cc1. The molecule has 0 bridgehead atoms. The third-order valence-electron chi connectivity index (χ3n) is 5.72. The highest BCUT2D eigenvalue weighted by molar-refractivity contribution is 6.47. The molecule has 1 aliphatic heterocycles. The van der Waals surface area contributed by atoms with Crippen LogP contribution >= 0.6 is 0 Å². The molecule has 1 spiro atoms. The van der Waals surface area contributed by atoms with Crippen LogP contribution in [-0.4, -0.2) is 34.6 Å². The highest BCUT2D eigenvalue weighted by atomic mass is 19.1. The van der Waals surface area contributed by atoms with Gasteiger partial charge in [0.1, 0.15) is 29.6 Å². The monoisotopic (exact) mass is 411 g/mol. The Kier molecular flexibility index (Phi) is 5.61. The van der Waals surface area contributed by atoms with Crippen molar-refractivity contribution in [3.8, 4) is 0 Å². The number of carbonyl (C=O) groups is 2. The van der Waals surface area contributed by atoms with Crippen LogP contribution in [0.4, 0.5) is 14.5 Å². The number of carbonyl (C=O) groups excluding carboxylic acids is 2. The summed E-state index contributed by atoms with van der Waals surface area (Å²) in [5.41, 5.74) is 0.526. The van der Waals surface area contributed by atoms with Crippen LogP contribution < -0.4 is 5.32 Å². The molecule has 1 heterocycles. The zero-order valence-corrected chi connectivity index (χ0v) is 16.5. The summed E-state index contributed by atoms with van der Waals surface area (Å²) in [6, 6.07) is 11.2. The number of nitrogens with one attached hydrogen (secondary N) is 1. The van der Waals surface area contributed by atoms with Gasteiger partial charge in [-0.25, -0.2) is 8.78 Å². The molecule has 5 nitrogen and oxygen atoms in total. The second-order valence-corrected chi connectivity index (χ2v) is 7.81. The van der Waals surface area contributed by atoms with Crippen LogP contribution in [-0.2, 0) is 9.59 Å². The van der Waals surface area contributed by atoms with E-state index in [0.717, 1.165) is 25.7 Å². The Morgan fingerprint density at radius 2 is 1.50 bits per heavy atom. The summed E-state index contributed by atoms with van der Waals surface area (Å²) in [5, 5.41) is 2.72. The number of aliphatic imine (C=N–C) groups is 1. The van der Waals surface area contributed by atoms with E-state index in [1.165, 1.54) is 36.4 Å². The highest BCUT2D eigenvalue weighted by Crippen LogP contribution is 2.38. The minimum atomic E-state index is -0.753. The van der Waals surface area contributed by atoms with Gasteiger partial charge in [0.15, 0.2) is 0 Å². The smallest absolute Gasteiger partial charge is 0.275 e. The second kappa shape index (κ2) is 8.34. The summed E-state index contributed by atoms with van der Waals surface area (Å²) >= 11 is 0. The summed E-state index contributed by atoms with van der Waals surface area (Å²) in [6.45, 7) is -0.148. The molecule has 1 N–H and O–H groups in total. The number of amides is 2. The molecule has 156 valence electrons. The van der Waals surface area contributed by atoms with Gasteiger partial charge < -0.3 is 10.2 Å². The van der Waals surface area contributed by atoms with Gasteiger partial charge in [-0.2, -0.15) is 0 Å². The molecular weight excluding hydrogens is 388 g/mol. The van der Waals surface area contributed by atoms with E-state index < -0.39 is 11.5 Å². The van der Waals surface area contributed by atoms with Crippen LogP contribution in [0.25, 0.3) is 0 Å². The van der Waals surface area contributed by atoms with E-state index in [2.05, 4.69) is 5.32 Å². The fourth-order valence-electron chi connectivity index (χ4n) is 4.20. The van der Waals surface area contributed by atoms with Crippen LogP contribution in [0.2, 0.25) is 0 Å². The molecule has 30 heavy (non-hydrogen) atoms. The van der Waals surface area contributed by atoms with Crippen molar-refractivity contribution in [1.29, 1.82) is 0 Å². The van der Waals surface area contributed by atoms with Crippen LogP contribution in [0.15, 0.2) is 53.5 Å². The van der Waals surface area contributed by atoms with E-state index in [1.807, 2.05) is 0 Å². The van der Waals surface area contributed by atoms with Crippen molar-refractivity contribution in [1.82, 2.24) is 4.90 Å². The van der Waals surface area contributed by atoms with Crippen molar-refractivity contribution in [2.24, 2.45) is 4.99 Å². The fourth-order valence-corrected chi connectivity index (χ4v) is 4.20. The van der Waals surface area contributed by atoms with E-state index >= 15 is 0 Å². The van der Waals surface area contributed by atoms with Crippen LogP contribution in [0.1, 0.15) is 44.1 Å². The molecule has 0 saturated heterocycles. The minimum Gasteiger partial charge on any atom is -0.325 e. The summed E-state index contributed by atoms with van der Waals surface area (Å²) in [7, 11) is 0. The molecule has 7 heteroatoms. The van der Waals surface area contributed by atoms with Gasteiger partial charge in [-0.05, 0) is 74.2 Å². The first kappa shape index (κ1) is 20.2. The van der Waals surface area contributed by atoms with Crippen LogP contribution in [0.3, 0.4) is 0 Å². The molecule has 1 saturated carbocycles. The first-order chi connectivity index (χ1) is 14.5. The molecule has 0 radical (unpaired) electrons. The largest absolute Gasteiger partial charge is 0.325 e. The van der Waals surface area contributed by atoms with Gasteiger partial charge in [0.25, 0.3) is 5.91 Å². The topological polar surface area (TPSA) is 61.8 Å². The molecule has 4 rings (SSSR count). The fraction of sp³-hybridized carbons (Fsp3) is 0.348. The third kappa shape index (κ3) is 4.10. The zero-order chi connectivity index (χ0) is 21.1. The first-order valence-electron chi connectivity index (χ1n) is 10.2. The van der Waals surface area contributed by atoms with E-state index in [1.54, 1.807) is 17.0 Å². The van der Waals surface area contributed by atoms with E-state index in [-0.39, 0.29) is 29.9 Å². The Morgan fingerprint density at radius 1 is 0.933 bits per heavy atom.